The lowest BCUT2D eigenvalue weighted by Gasteiger charge is -2.44. The third kappa shape index (κ3) is 2.85. The predicted octanol–water partition coefficient (Wildman–Crippen LogP) is 2.47. The second-order valence-corrected chi connectivity index (χ2v) is 5.92. The Balaban J connectivity index is 1.88. The minimum absolute atomic E-state index is 0.203. The van der Waals surface area contributed by atoms with Crippen LogP contribution in [0.4, 0.5) is 10.7 Å². The molecule has 1 aliphatic heterocycles. The van der Waals surface area contributed by atoms with E-state index in [2.05, 4.69) is 27.1 Å². The van der Waals surface area contributed by atoms with E-state index in [0.29, 0.717) is 12.0 Å². The van der Waals surface area contributed by atoms with Gasteiger partial charge in [0.2, 0.25) is 5.95 Å². The largest absolute Gasteiger partial charge is 0.465 e. The monoisotopic (exact) mass is 290 g/mol. The minimum atomic E-state index is -1.11. The van der Waals surface area contributed by atoms with E-state index >= 15 is 0 Å². The highest BCUT2D eigenvalue weighted by molar-refractivity contribution is 5.80. The van der Waals surface area contributed by atoms with Crippen LogP contribution in [0.15, 0.2) is 6.20 Å². The number of rotatable bonds is 3. The molecular formula is C15H22N4O2. The Labute approximate surface area is 124 Å². The molecule has 2 aliphatic rings. The first kappa shape index (κ1) is 14.3. The van der Waals surface area contributed by atoms with Gasteiger partial charge in [-0.1, -0.05) is 6.92 Å². The highest BCUT2D eigenvalue weighted by atomic mass is 16.4. The van der Waals surface area contributed by atoms with Crippen LogP contribution in [0.25, 0.3) is 0 Å². The van der Waals surface area contributed by atoms with Gasteiger partial charge in [0, 0.05) is 18.2 Å². The van der Waals surface area contributed by atoms with Crippen molar-refractivity contribution < 1.29 is 9.90 Å². The van der Waals surface area contributed by atoms with Crippen molar-refractivity contribution in [1.29, 1.82) is 0 Å². The fraction of sp³-hybridized carbons (Fsp3) is 0.667. The summed E-state index contributed by atoms with van der Waals surface area (Å²) in [5, 5.41) is 11.1. The number of nitrogens with zero attached hydrogens (tertiary/aromatic N) is 3. The number of hydrogen-bond acceptors (Lipinski definition) is 4. The molecule has 2 atom stereocenters. The van der Waals surface area contributed by atoms with Crippen LogP contribution >= 0.6 is 0 Å². The Hall–Kier alpha value is -1.69. The lowest BCUT2D eigenvalue weighted by atomic mass is 9.77. The molecule has 0 saturated carbocycles. The summed E-state index contributed by atoms with van der Waals surface area (Å²) < 4.78 is 0. The molecule has 1 aromatic heterocycles. The van der Waals surface area contributed by atoms with E-state index < -0.39 is 6.09 Å². The number of hydrogen-bond donors (Lipinski definition) is 2. The SMILES string of the molecule is CCCN1CCC[C@H]2c3nc(NC(=O)O)ncc3CC[C@@H]21. The fourth-order valence-electron chi connectivity index (χ4n) is 3.79. The average Bonchev–Trinajstić information content (AvgIpc) is 2.47. The first-order valence-corrected chi connectivity index (χ1v) is 7.79. The van der Waals surface area contributed by atoms with Gasteiger partial charge in [-0.25, -0.2) is 14.8 Å². The molecule has 2 heterocycles. The van der Waals surface area contributed by atoms with Gasteiger partial charge >= 0.3 is 6.09 Å². The van der Waals surface area contributed by atoms with Gasteiger partial charge in [-0.05, 0) is 50.8 Å². The first-order valence-electron chi connectivity index (χ1n) is 7.79. The van der Waals surface area contributed by atoms with Crippen LogP contribution in [-0.2, 0) is 6.42 Å². The van der Waals surface area contributed by atoms with Gasteiger partial charge in [0.15, 0.2) is 0 Å². The number of amides is 1. The Morgan fingerprint density at radius 3 is 3.14 bits per heavy atom. The number of aryl methyl sites for hydroxylation is 1. The highest BCUT2D eigenvalue weighted by Crippen LogP contribution is 2.39. The van der Waals surface area contributed by atoms with Crippen molar-refractivity contribution in [2.45, 2.75) is 51.0 Å². The number of fused-ring (bicyclic) bond motifs is 3. The molecule has 0 unspecified atom stereocenters. The van der Waals surface area contributed by atoms with E-state index in [1.807, 2.05) is 0 Å². The van der Waals surface area contributed by atoms with Crippen LogP contribution in [0, 0.1) is 0 Å². The molecule has 1 aromatic rings. The van der Waals surface area contributed by atoms with Crippen molar-refractivity contribution in [2.24, 2.45) is 0 Å². The summed E-state index contributed by atoms with van der Waals surface area (Å²) >= 11 is 0. The lowest BCUT2D eigenvalue weighted by Crippen LogP contribution is -2.47. The molecule has 0 aromatic carbocycles. The molecule has 0 radical (unpaired) electrons. The van der Waals surface area contributed by atoms with E-state index in [9.17, 15) is 4.79 Å². The summed E-state index contributed by atoms with van der Waals surface area (Å²) in [4.78, 5) is 22.0. The summed E-state index contributed by atoms with van der Waals surface area (Å²) in [6.07, 6.45) is 6.33. The molecule has 6 nitrogen and oxygen atoms in total. The molecular weight excluding hydrogens is 268 g/mol. The smallest absolute Gasteiger partial charge is 0.411 e. The number of carboxylic acid groups (broad SMARTS) is 1. The number of carbonyl (C=O) groups is 1. The molecule has 1 saturated heterocycles. The molecule has 1 aliphatic carbocycles. The highest BCUT2D eigenvalue weighted by Gasteiger charge is 2.37. The van der Waals surface area contributed by atoms with Crippen LogP contribution in [0.2, 0.25) is 0 Å². The van der Waals surface area contributed by atoms with E-state index in [1.165, 1.54) is 24.9 Å². The molecule has 2 N–H and O–H groups in total. The number of piperidine rings is 1. The van der Waals surface area contributed by atoms with Gasteiger partial charge in [-0.3, -0.25) is 10.2 Å². The van der Waals surface area contributed by atoms with Gasteiger partial charge in [0.05, 0.1) is 5.69 Å². The normalized spacial score (nSPS) is 25.0. The Bertz CT molecular complexity index is 532. The van der Waals surface area contributed by atoms with Crippen molar-refractivity contribution in [1.82, 2.24) is 14.9 Å². The average molecular weight is 290 g/mol. The zero-order valence-corrected chi connectivity index (χ0v) is 12.4. The number of anilines is 1. The zero-order valence-electron chi connectivity index (χ0n) is 12.4. The topological polar surface area (TPSA) is 78.4 Å². The predicted molar refractivity (Wildman–Crippen MR) is 79.6 cm³/mol. The van der Waals surface area contributed by atoms with E-state index in [1.54, 1.807) is 6.20 Å². The van der Waals surface area contributed by atoms with Crippen LogP contribution in [-0.4, -0.2) is 45.2 Å². The maximum Gasteiger partial charge on any atom is 0.411 e. The van der Waals surface area contributed by atoms with Crippen LogP contribution in [0.1, 0.15) is 49.8 Å². The van der Waals surface area contributed by atoms with Gasteiger partial charge < -0.3 is 5.11 Å². The van der Waals surface area contributed by atoms with Crippen molar-refractivity contribution in [3.05, 3.63) is 17.5 Å². The maximum absolute atomic E-state index is 10.8. The van der Waals surface area contributed by atoms with E-state index in [0.717, 1.165) is 31.5 Å². The second kappa shape index (κ2) is 5.97. The molecule has 21 heavy (non-hydrogen) atoms. The number of nitrogens with one attached hydrogen (secondary N) is 1. The van der Waals surface area contributed by atoms with Crippen molar-refractivity contribution in [3.63, 3.8) is 0 Å². The molecule has 6 heteroatoms. The minimum Gasteiger partial charge on any atom is -0.465 e. The van der Waals surface area contributed by atoms with Gasteiger partial charge in [-0.2, -0.15) is 0 Å². The summed E-state index contributed by atoms with van der Waals surface area (Å²) in [5.74, 6) is 0.626. The van der Waals surface area contributed by atoms with Crippen molar-refractivity contribution >= 4 is 12.0 Å². The summed E-state index contributed by atoms with van der Waals surface area (Å²) in [7, 11) is 0. The first-order chi connectivity index (χ1) is 10.2. The Morgan fingerprint density at radius 2 is 2.38 bits per heavy atom. The zero-order chi connectivity index (χ0) is 14.8. The summed E-state index contributed by atoms with van der Waals surface area (Å²) in [5.41, 5.74) is 2.25. The van der Waals surface area contributed by atoms with E-state index in [-0.39, 0.29) is 5.95 Å². The van der Waals surface area contributed by atoms with Crippen LogP contribution < -0.4 is 5.32 Å². The van der Waals surface area contributed by atoms with Crippen LogP contribution in [0.5, 0.6) is 0 Å². The molecule has 114 valence electrons. The summed E-state index contributed by atoms with van der Waals surface area (Å²) in [6, 6.07) is 0.554. The van der Waals surface area contributed by atoms with Gasteiger partial charge in [0.25, 0.3) is 0 Å². The maximum atomic E-state index is 10.8. The summed E-state index contributed by atoms with van der Waals surface area (Å²) in [6.45, 7) is 4.54. The third-order valence-corrected chi connectivity index (χ3v) is 4.58. The standard InChI is InChI=1S/C15H22N4O2/c1-2-7-19-8-3-4-11-12(19)6-5-10-9-16-14(17-13(10)11)18-15(20)21/h9,11-12H,2-8H2,1H3,(H,20,21)(H,16,17,18)/t11-,12+/m1/s1. The number of likely N-dealkylation sites (tertiary alicyclic amines) is 1. The molecule has 1 amide bonds. The van der Waals surface area contributed by atoms with Crippen LogP contribution in [0.3, 0.4) is 0 Å². The number of aromatic nitrogens is 2. The van der Waals surface area contributed by atoms with Gasteiger partial charge in [0.1, 0.15) is 0 Å². The van der Waals surface area contributed by atoms with Gasteiger partial charge in [-0.15, -0.1) is 0 Å². The third-order valence-electron chi connectivity index (χ3n) is 4.58. The lowest BCUT2D eigenvalue weighted by molar-refractivity contribution is 0.111. The van der Waals surface area contributed by atoms with E-state index in [4.69, 9.17) is 5.11 Å². The Kier molecular flexibility index (Phi) is 4.05. The quantitative estimate of drug-likeness (QED) is 0.894. The fourth-order valence-corrected chi connectivity index (χ4v) is 3.79. The Morgan fingerprint density at radius 1 is 1.52 bits per heavy atom. The molecule has 0 spiro atoms. The van der Waals surface area contributed by atoms with Crippen molar-refractivity contribution in [2.75, 3.05) is 18.4 Å². The van der Waals surface area contributed by atoms with Crippen molar-refractivity contribution in [3.8, 4) is 0 Å². The second-order valence-electron chi connectivity index (χ2n) is 5.92. The molecule has 0 bridgehead atoms. The molecule has 3 rings (SSSR count). The molecule has 1 fully saturated rings.